The Balaban J connectivity index is 1.43. The second-order valence-corrected chi connectivity index (χ2v) is 9.52. The number of nitrogens with one attached hydrogen (secondary N) is 1. The van der Waals surface area contributed by atoms with Crippen LogP contribution in [0.4, 0.5) is 5.69 Å². The largest absolute Gasteiger partial charge is 0.444 e. The molecule has 1 aromatic heterocycles. The molecule has 1 aliphatic rings. The highest BCUT2D eigenvalue weighted by molar-refractivity contribution is 7.89. The third kappa shape index (κ3) is 5.21. The fourth-order valence-electron chi connectivity index (χ4n) is 3.64. The first-order chi connectivity index (χ1) is 15.0. The molecule has 0 atom stereocenters. The molecule has 1 N–H and O–H groups in total. The molecule has 8 heteroatoms. The molecule has 0 bridgehead atoms. The van der Waals surface area contributed by atoms with Crippen LogP contribution >= 0.6 is 0 Å². The van der Waals surface area contributed by atoms with E-state index < -0.39 is 10.0 Å². The van der Waals surface area contributed by atoms with Crippen molar-refractivity contribution >= 4 is 21.6 Å². The monoisotopic (exact) mass is 439 g/mol. The van der Waals surface area contributed by atoms with Crippen LogP contribution < -0.4 is 5.32 Å². The molecular formula is C23H25N3O4S. The normalized spacial score (nSPS) is 15.4. The first kappa shape index (κ1) is 21.3. The average Bonchev–Trinajstić information content (AvgIpc) is 3.05. The quantitative estimate of drug-likeness (QED) is 0.625. The molecule has 0 aliphatic carbocycles. The first-order valence-electron chi connectivity index (χ1n) is 10.4. The van der Waals surface area contributed by atoms with E-state index in [1.165, 1.54) is 12.3 Å². The molecule has 31 heavy (non-hydrogen) atoms. The van der Waals surface area contributed by atoms with Gasteiger partial charge in [0.15, 0.2) is 0 Å². The van der Waals surface area contributed by atoms with Gasteiger partial charge in [-0.1, -0.05) is 37.1 Å². The molecule has 2 heterocycles. The number of oxazole rings is 1. The van der Waals surface area contributed by atoms with Gasteiger partial charge in [-0.2, -0.15) is 4.31 Å². The fourth-order valence-corrected chi connectivity index (χ4v) is 5.20. The molecule has 1 amide bonds. The summed E-state index contributed by atoms with van der Waals surface area (Å²) in [5.41, 5.74) is 1.78. The predicted molar refractivity (Wildman–Crippen MR) is 118 cm³/mol. The smallest absolute Gasteiger partial charge is 0.243 e. The number of carbonyl (C=O) groups is 1. The molecular weight excluding hydrogens is 414 g/mol. The highest BCUT2D eigenvalue weighted by Gasteiger charge is 2.25. The maximum Gasteiger partial charge on any atom is 0.243 e. The van der Waals surface area contributed by atoms with Crippen molar-refractivity contribution in [3.05, 3.63) is 66.6 Å². The van der Waals surface area contributed by atoms with E-state index in [2.05, 4.69) is 10.3 Å². The van der Waals surface area contributed by atoms with Crippen LogP contribution in [0.3, 0.4) is 0 Å². The van der Waals surface area contributed by atoms with Crippen LogP contribution in [0.1, 0.15) is 31.4 Å². The number of carbonyl (C=O) groups excluding carboxylic acids is 1. The molecule has 4 rings (SSSR count). The first-order valence-corrected chi connectivity index (χ1v) is 11.9. The molecule has 0 spiro atoms. The van der Waals surface area contributed by atoms with Gasteiger partial charge in [-0.15, -0.1) is 0 Å². The van der Waals surface area contributed by atoms with E-state index in [-0.39, 0.29) is 17.2 Å². The van der Waals surface area contributed by atoms with E-state index >= 15 is 0 Å². The van der Waals surface area contributed by atoms with Gasteiger partial charge in [0.25, 0.3) is 0 Å². The lowest BCUT2D eigenvalue weighted by Crippen LogP contribution is -2.32. The van der Waals surface area contributed by atoms with Crippen molar-refractivity contribution in [3.8, 4) is 11.5 Å². The summed E-state index contributed by atoms with van der Waals surface area (Å²) in [6.45, 7) is 1.07. The molecule has 1 fully saturated rings. The molecule has 162 valence electrons. The number of hydrogen-bond donors (Lipinski definition) is 1. The number of aromatic nitrogens is 1. The summed E-state index contributed by atoms with van der Waals surface area (Å²) in [6, 6.07) is 15.8. The van der Waals surface area contributed by atoms with Crippen molar-refractivity contribution in [1.29, 1.82) is 0 Å². The van der Waals surface area contributed by atoms with Gasteiger partial charge in [-0.05, 0) is 43.2 Å². The Bertz CT molecular complexity index is 1130. The van der Waals surface area contributed by atoms with Gasteiger partial charge >= 0.3 is 0 Å². The summed E-state index contributed by atoms with van der Waals surface area (Å²) in [7, 11) is -3.58. The second kappa shape index (κ2) is 9.45. The van der Waals surface area contributed by atoms with Crippen molar-refractivity contribution in [1.82, 2.24) is 9.29 Å². The lowest BCUT2D eigenvalue weighted by Gasteiger charge is -2.20. The van der Waals surface area contributed by atoms with E-state index in [9.17, 15) is 13.2 Å². The zero-order valence-electron chi connectivity index (χ0n) is 17.2. The summed E-state index contributed by atoms with van der Waals surface area (Å²) in [4.78, 5) is 17.0. The van der Waals surface area contributed by atoms with Crippen molar-refractivity contribution in [2.24, 2.45) is 0 Å². The Hall–Kier alpha value is -2.97. The lowest BCUT2D eigenvalue weighted by atomic mass is 10.2. The van der Waals surface area contributed by atoms with E-state index in [4.69, 9.17) is 4.42 Å². The minimum absolute atomic E-state index is 0.0272. The van der Waals surface area contributed by atoms with E-state index in [0.717, 1.165) is 31.2 Å². The van der Waals surface area contributed by atoms with Crippen LogP contribution in [0.5, 0.6) is 0 Å². The van der Waals surface area contributed by atoms with Crippen molar-refractivity contribution in [3.63, 3.8) is 0 Å². The second-order valence-electron chi connectivity index (χ2n) is 7.58. The summed E-state index contributed by atoms with van der Waals surface area (Å²) < 4.78 is 33.0. The van der Waals surface area contributed by atoms with Crippen molar-refractivity contribution in [2.75, 3.05) is 18.4 Å². The minimum Gasteiger partial charge on any atom is -0.444 e. The molecule has 1 aliphatic heterocycles. The van der Waals surface area contributed by atoms with Gasteiger partial charge in [0, 0.05) is 24.3 Å². The summed E-state index contributed by atoms with van der Waals surface area (Å²) >= 11 is 0. The van der Waals surface area contributed by atoms with Gasteiger partial charge in [0.05, 0.1) is 17.0 Å². The zero-order valence-corrected chi connectivity index (χ0v) is 18.0. The highest BCUT2D eigenvalue weighted by Crippen LogP contribution is 2.23. The van der Waals surface area contributed by atoms with Gasteiger partial charge in [-0.25, -0.2) is 13.4 Å². The molecule has 0 radical (unpaired) electrons. The van der Waals surface area contributed by atoms with E-state index in [1.807, 2.05) is 30.3 Å². The molecule has 1 saturated heterocycles. The van der Waals surface area contributed by atoms with Crippen LogP contribution in [0.2, 0.25) is 0 Å². The Morgan fingerprint density at radius 2 is 1.74 bits per heavy atom. The maximum atomic E-state index is 13.0. The average molecular weight is 440 g/mol. The van der Waals surface area contributed by atoms with Crippen LogP contribution in [0.25, 0.3) is 11.5 Å². The Morgan fingerprint density at radius 3 is 2.48 bits per heavy atom. The van der Waals surface area contributed by atoms with Gasteiger partial charge < -0.3 is 9.73 Å². The zero-order chi connectivity index (χ0) is 21.7. The lowest BCUT2D eigenvalue weighted by molar-refractivity contribution is -0.115. The Kier molecular flexibility index (Phi) is 6.48. The number of hydrogen-bond acceptors (Lipinski definition) is 5. The number of anilines is 1. The van der Waals surface area contributed by atoms with E-state index in [1.54, 1.807) is 22.5 Å². The van der Waals surface area contributed by atoms with Crippen LogP contribution in [-0.4, -0.2) is 36.7 Å². The Morgan fingerprint density at radius 1 is 1.00 bits per heavy atom. The number of benzene rings is 2. The number of rotatable bonds is 6. The molecule has 7 nitrogen and oxygen atoms in total. The SMILES string of the molecule is O=C(Cc1coc(-c2ccccc2)n1)Nc1cccc(S(=O)(=O)N2CCCCCC2)c1. The van der Waals surface area contributed by atoms with Crippen LogP contribution in [0.15, 0.2) is 70.2 Å². The van der Waals surface area contributed by atoms with E-state index in [0.29, 0.717) is 30.4 Å². The highest BCUT2D eigenvalue weighted by atomic mass is 32.2. The fraction of sp³-hybridized carbons (Fsp3) is 0.304. The molecule has 0 saturated carbocycles. The Labute approximate surface area is 182 Å². The van der Waals surface area contributed by atoms with Crippen LogP contribution in [-0.2, 0) is 21.2 Å². The molecule has 2 aromatic carbocycles. The number of nitrogens with zero attached hydrogens (tertiary/aromatic N) is 2. The van der Waals surface area contributed by atoms with Gasteiger partial charge in [0.2, 0.25) is 21.8 Å². The van der Waals surface area contributed by atoms with Gasteiger partial charge in [0.1, 0.15) is 6.26 Å². The topological polar surface area (TPSA) is 92.5 Å². The maximum absolute atomic E-state index is 13.0. The molecule has 0 unspecified atom stereocenters. The summed E-state index contributed by atoms with van der Waals surface area (Å²) in [5.74, 6) is 0.158. The third-order valence-electron chi connectivity index (χ3n) is 5.23. The summed E-state index contributed by atoms with van der Waals surface area (Å²) in [6.07, 6.45) is 5.34. The predicted octanol–water partition coefficient (Wildman–Crippen LogP) is 4.09. The number of amides is 1. The van der Waals surface area contributed by atoms with Crippen LogP contribution in [0, 0.1) is 0 Å². The summed E-state index contributed by atoms with van der Waals surface area (Å²) in [5, 5.41) is 2.76. The standard InChI is InChI=1S/C23H25N3O4S/c27-22(16-20-17-30-23(25-20)18-9-4-3-5-10-18)24-19-11-8-12-21(15-19)31(28,29)26-13-6-1-2-7-14-26/h3-5,8-12,15,17H,1-2,6-7,13-14,16H2,(H,24,27). The number of sulfonamides is 1. The third-order valence-corrected chi connectivity index (χ3v) is 7.13. The minimum atomic E-state index is -3.58. The van der Waals surface area contributed by atoms with Gasteiger partial charge in [-0.3, -0.25) is 4.79 Å². The van der Waals surface area contributed by atoms with Crippen molar-refractivity contribution in [2.45, 2.75) is 37.0 Å². The van der Waals surface area contributed by atoms with Crippen molar-refractivity contribution < 1.29 is 17.6 Å². The molecule has 3 aromatic rings.